The van der Waals surface area contributed by atoms with Crippen LogP contribution in [-0.2, 0) is 0 Å². The number of hydrogen-bond acceptors (Lipinski definition) is 3. The molecule has 3 heteroatoms. The van der Waals surface area contributed by atoms with Crippen LogP contribution in [0.25, 0.3) is 0 Å². The smallest absolute Gasteiger partial charge is 0.0443 e. The van der Waals surface area contributed by atoms with Crippen molar-refractivity contribution in [3.63, 3.8) is 0 Å². The first-order chi connectivity index (χ1) is 4.27. The predicted molar refractivity (Wildman–Crippen MR) is 38.2 cm³/mol. The van der Waals surface area contributed by atoms with Crippen LogP contribution in [0.2, 0.25) is 0 Å². The molecule has 0 amide bonds. The standard InChI is InChI=1S/C6H16N2O/c1-6(7)5-8-3-2-4-9/h6,8-9H,2-5,7H2,1H3/t6-/m0/s1. The Hall–Kier alpha value is -0.120. The van der Waals surface area contributed by atoms with Crippen LogP contribution < -0.4 is 11.1 Å². The van der Waals surface area contributed by atoms with Gasteiger partial charge in [0.05, 0.1) is 0 Å². The van der Waals surface area contributed by atoms with Crippen molar-refractivity contribution in [2.45, 2.75) is 19.4 Å². The van der Waals surface area contributed by atoms with Crippen molar-refractivity contribution in [2.75, 3.05) is 19.7 Å². The Balaban J connectivity index is 2.75. The number of aliphatic hydroxyl groups excluding tert-OH is 1. The van der Waals surface area contributed by atoms with E-state index >= 15 is 0 Å². The zero-order valence-corrected chi connectivity index (χ0v) is 5.93. The Morgan fingerprint density at radius 2 is 2.33 bits per heavy atom. The van der Waals surface area contributed by atoms with Crippen LogP contribution in [-0.4, -0.2) is 30.8 Å². The van der Waals surface area contributed by atoms with Crippen LogP contribution in [0, 0.1) is 0 Å². The molecule has 9 heavy (non-hydrogen) atoms. The Morgan fingerprint density at radius 3 is 2.78 bits per heavy atom. The average Bonchev–Trinajstić information content (AvgIpc) is 1.80. The first kappa shape index (κ1) is 8.88. The molecular weight excluding hydrogens is 116 g/mol. The lowest BCUT2D eigenvalue weighted by atomic mass is 10.3. The lowest BCUT2D eigenvalue weighted by Crippen LogP contribution is -2.31. The molecule has 0 unspecified atom stereocenters. The van der Waals surface area contributed by atoms with Crippen LogP contribution in [0.5, 0.6) is 0 Å². The molecule has 0 fully saturated rings. The molecule has 0 aromatic rings. The minimum atomic E-state index is 0.212. The highest BCUT2D eigenvalue weighted by Crippen LogP contribution is 1.73. The monoisotopic (exact) mass is 132 g/mol. The van der Waals surface area contributed by atoms with E-state index in [-0.39, 0.29) is 12.6 Å². The van der Waals surface area contributed by atoms with Crippen molar-refractivity contribution in [1.29, 1.82) is 0 Å². The zero-order valence-electron chi connectivity index (χ0n) is 5.93. The fourth-order valence-corrected chi connectivity index (χ4v) is 0.534. The molecule has 0 saturated carbocycles. The van der Waals surface area contributed by atoms with E-state index in [2.05, 4.69) is 5.32 Å². The highest BCUT2D eigenvalue weighted by atomic mass is 16.3. The second kappa shape index (κ2) is 6.01. The summed E-state index contributed by atoms with van der Waals surface area (Å²) in [6, 6.07) is 0.212. The SMILES string of the molecule is C[C@H](N)CNCCCO. The number of nitrogens with one attached hydrogen (secondary N) is 1. The van der Waals surface area contributed by atoms with Gasteiger partial charge in [0, 0.05) is 19.2 Å². The van der Waals surface area contributed by atoms with Gasteiger partial charge < -0.3 is 16.2 Å². The average molecular weight is 132 g/mol. The largest absolute Gasteiger partial charge is 0.396 e. The lowest BCUT2D eigenvalue weighted by molar-refractivity contribution is 0.286. The van der Waals surface area contributed by atoms with E-state index in [0.29, 0.717) is 0 Å². The van der Waals surface area contributed by atoms with Gasteiger partial charge in [-0.05, 0) is 19.9 Å². The van der Waals surface area contributed by atoms with Gasteiger partial charge in [-0.3, -0.25) is 0 Å². The van der Waals surface area contributed by atoms with Crippen molar-refractivity contribution in [3.8, 4) is 0 Å². The summed E-state index contributed by atoms with van der Waals surface area (Å²) in [6.07, 6.45) is 0.812. The van der Waals surface area contributed by atoms with E-state index < -0.39 is 0 Å². The molecule has 0 spiro atoms. The predicted octanol–water partition coefficient (Wildman–Crippen LogP) is -0.694. The summed E-state index contributed by atoms with van der Waals surface area (Å²) in [5.74, 6) is 0. The van der Waals surface area contributed by atoms with Gasteiger partial charge >= 0.3 is 0 Å². The molecular formula is C6H16N2O. The molecule has 0 radical (unpaired) electrons. The van der Waals surface area contributed by atoms with Crippen molar-refractivity contribution in [2.24, 2.45) is 5.73 Å². The molecule has 3 nitrogen and oxygen atoms in total. The van der Waals surface area contributed by atoms with E-state index in [1.165, 1.54) is 0 Å². The first-order valence-corrected chi connectivity index (χ1v) is 3.34. The Bertz CT molecular complexity index is 57.0. The summed E-state index contributed by atoms with van der Waals surface area (Å²) >= 11 is 0. The summed E-state index contributed by atoms with van der Waals surface area (Å²) in [5, 5.41) is 11.5. The molecule has 56 valence electrons. The molecule has 0 rings (SSSR count). The van der Waals surface area contributed by atoms with Gasteiger partial charge in [-0.2, -0.15) is 0 Å². The third-order valence-electron chi connectivity index (χ3n) is 0.978. The molecule has 0 aromatic heterocycles. The minimum absolute atomic E-state index is 0.212. The van der Waals surface area contributed by atoms with Crippen molar-refractivity contribution >= 4 is 0 Å². The summed E-state index contributed by atoms with van der Waals surface area (Å²) in [5.41, 5.74) is 5.45. The molecule has 0 bridgehead atoms. The highest BCUT2D eigenvalue weighted by Gasteiger charge is 1.90. The van der Waals surface area contributed by atoms with Crippen LogP contribution in [0.1, 0.15) is 13.3 Å². The second-order valence-corrected chi connectivity index (χ2v) is 2.26. The normalized spacial score (nSPS) is 13.7. The molecule has 0 aliphatic heterocycles. The summed E-state index contributed by atoms with van der Waals surface area (Å²) < 4.78 is 0. The quantitative estimate of drug-likeness (QED) is 0.434. The molecule has 0 aliphatic rings. The van der Waals surface area contributed by atoms with Crippen LogP contribution in [0.15, 0.2) is 0 Å². The van der Waals surface area contributed by atoms with E-state index in [1.54, 1.807) is 0 Å². The first-order valence-electron chi connectivity index (χ1n) is 3.34. The molecule has 1 atom stereocenters. The zero-order chi connectivity index (χ0) is 7.11. The van der Waals surface area contributed by atoms with Gasteiger partial charge in [0.15, 0.2) is 0 Å². The van der Waals surface area contributed by atoms with E-state index in [4.69, 9.17) is 10.8 Å². The summed E-state index contributed by atoms with van der Waals surface area (Å²) in [6.45, 7) is 3.90. The van der Waals surface area contributed by atoms with E-state index in [9.17, 15) is 0 Å². The van der Waals surface area contributed by atoms with Crippen molar-refractivity contribution in [3.05, 3.63) is 0 Å². The van der Waals surface area contributed by atoms with E-state index in [1.807, 2.05) is 6.92 Å². The molecule has 0 aliphatic carbocycles. The summed E-state index contributed by atoms with van der Waals surface area (Å²) in [4.78, 5) is 0. The van der Waals surface area contributed by atoms with E-state index in [0.717, 1.165) is 19.5 Å². The number of nitrogens with two attached hydrogens (primary N) is 1. The van der Waals surface area contributed by atoms with Gasteiger partial charge in [0.25, 0.3) is 0 Å². The van der Waals surface area contributed by atoms with Gasteiger partial charge in [-0.1, -0.05) is 0 Å². The molecule has 0 heterocycles. The minimum Gasteiger partial charge on any atom is -0.396 e. The molecule has 4 N–H and O–H groups in total. The third-order valence-corrected chi connectivity index (χ3v) is 0.978. The van der Waals surface area contributed by atoms with Crippen molar-refractivity contribution < 1.29 is 5.11 Å². The van der Waals surface area contributed by atoms with Crippen molar-refractivity contribution in [1.82, 2.24) is 5.32 Å². The molecule has 0 aromatic carbocycles. The Morgan fingerprint density at radius 1 is 1.67 bits per heavy atom. The second-order valence-electron chi connectivity index (χ2n) is 2.26. The number of aliphatic hydroxyl groups is 1. The maximum Gasteiger partial charge on any atom is 0.0443 e. The fourth-order valence-electron chi connectivity index (χ4n) is 0.534. The van der Waals surface area contributed by atoms with Gasteiger partial charge in [0.2, 0.25) is 0 Å². The Kier molecular flexibility index (Phi) is 5.93. The molecule has 0 saturated heterocycles. The lowest BCUT2D eigenvalue weighted by Gasteiger charge is -2.05. The number of hydrogen-bond donors (Lipinski definition) is 3. The maximum atomic E-state index is 8.36. The van der Waals surface area contributed by atoms with Gasteiger partial charge in [0.1, 0.15) is 0 Å². The highest BCUT2D eigenvalue weighted by molar-refractivity contribution is 4.56. The maximum absolute atomic E-state index is 8.36. The topological polar surface area (TPSA) is 58.3 Å². The van der Waals surface area contributed by atoms with Crippen LogP contribution in [0.4, 0.5) is 0 Å². The third kappa shape index (κ3) is 7.88. The van der Waals surface area contributed by atoms with Crippen LogP contribution in [0.3, 0.4) is 0 Å². The van der Waals surface area contributed by atoms with Crippen LogP contribution >= 0.6 is 0 Å². The van der Waals surface area contributed by atoms with Gasteiger partial charge in [-0.15, -0.1) is 0 Å². The fraction of sp³-hybridized carbons (Fsp3) is 1.00. The Labute approximate surface area is 56.2 Å². The number of rotatable bonds is 5. The van der Waals surface area contributed by atoms with Gasteiger partial charge in [-0.25, -0.2) is 0 Å². The summed E-state index contributed by atoms with van der Waals surface area (Å²) in [7, 11) is 0.